The van der Waals surface area contributed by atoms with E-state index in [0.29, 0.717) is 44.0 Å². The van der Waals surface area contributed by atoms with Crippen molar-refractivity contribution < 1.29 is 66.9 Å². The molecule has 0 saturated carbocycles. The van der Waals surface area contributed by atoms with Crippen LogP contribution in [0.25, 0.3) is 9.40 Å². The Balaban J connectivity index is 1.23. The van der Waals surface area contributed by atoms with Crippen LogP contribution in [0.15, 0.2) is 86.2 Å². The predicted molar refractivity (Wildman–Crippen MR) is 198 cm³/mol. The van der Waals surface area contributed by atoms with E-state index in [1.54, 1.807) is 12.1 Å². The first-order chi connectivity index (χ1) is 26.2. The number of hydrogen-bond donors (Lipinski definition) is 0. The van der Waals surface area contributed by atoms with Gasteiger partial charge in [0.25, 0.3) is 0 Å². The van der Waals surface area contributed by atoms with Crippen LogP contribution in [-0.2, 0) is 33.6 Å². The number of rotatable bonds is 21. The molecule has 0 bridgehead atoms. The lowest BCUT2D eigenvalue weighted by Gasteiger charge is -2.10. The number of fused-ring (bicyclic) bond motifs is 1. The van der Waals surface area contributed by atoms with Gasteiger partial charge in [-0.1, -0.05) is 25.4 Å². The number of ether oxygens (including phenoxy) is 7. The van der Waals surface area contributed by atoms with Crippen molar-refractivity contribution in [2.45, 2.75) is 32.1 Å². The van der Waals surface area contributed by atoms with E-state index in [1.807, 2.05) is 0 Å². The molecule has 17 heteroatoms. The van der Waals surface area contributed by atoms with Gasteiger partial charge in [0, 0.05) is 12.5 Å². The Kier molecular flexibility index (Phi) is 16.8. The van der Waals surface area contributed by atoms with Crippen molar-refractivity contribution in [2.24, 2.45) is 0 Å². The summed E-state index contributed by atoms with van der Waals surface area (Å²) in [4.78, 5) is 70.2. The zero-order valence-corrected chi connectivity index (χ0v) is 31.1. The van der Waals surface area contributed by atoms with Crippen molar-refractivity contribution in [3.8, 4) is 23.0 Å². The van der Waals surface area contributed by atoms with Gasteiger partial charge in [-0.05, 0) is 86.3 Å². The van der Waals surface area contributed by atoms with Gasteiger partial charge < -0.3 is 33.2 Å². The molecule has 0 spiro atoms. The van der Waals surface area contributed by atoms with Gasteiger partial charge >= 0.3 is 30.0 Å². The van der Waals surface area contributed by atoms with Crippen LogP contribution < -0.4 is 18.9 Å². The topological polar surface area (TPSA) is 168 Å². The van der Waals surface area contributed by atoms with Crippen LogP contribution in [0.4, 0.5) is 4.79 Å². The van der Waals surface area contributed by atoms with Crippen molar-refractivity contribution in [1.29, 1.82) is 0 Å². The SMILES string of the molecule is C=COC(=O)CCCCOOCOc1ccc(C(=O)Oc2ccc(OC(=O)c3ccc(OC(=O)OCCCCOC(=O)C=C)cc3)c3sc(=S)sc23)cc1. The van der Waals surface area contributed by atoms with Crippen molar-refractivity contribution >= 4 is 74.3 Å². The van der Waals surface area contributed by atoms with Crippen molar-refractivity contribution in [3.63, 3.8) is 0 Å². The van der Waals surface area contributed by atoms with Crippen molar-refractivity contribution in [1.82, 2.24) is 0 Å². The van der Waals surface area contributed by atoms with E-state index in [0.717, 1.165) is 12.3 Å². The Hall–Kier alpha value is -5.46. The molecule has 0 aliphatic rings. The van der Waals surface area contributed by atoms with Crippen molar-refractivity contribution in [3.05, 3.63) is 100 Å². The monoisotopic (exact) mass is 798 g/mol. The summed E-state index contributed by atoms with van der Waals surface area (Å²) in [5.74, 6) is -1.18. The second-order valence-corrected chi connectivity index (χ2v) is 13.8. The summed E-state index contributed by atoms with van der Waals surface area (Å²) in [5, 5.41) is 0. The molecule has 0 unspecified atom stereocenters. The number of carbonyl (C=O) groups is 5. The van der Waals surface area contributed by atoms with Crippen LogP contribution >= 0.6 is 34.9 Å². The summed E-state index contributed by atoms with van der Waals surface area (Å²) in [6, 6.07) is 14.9. The van der Waals surface area contributed by atoms with Crippen LogP contribution in [0.2, 0.25) is 0 Å². The molecule has 1 heterocycles. The number of benzene rings is 3. The van der Waals surface area contributed by atoms with Gasteiger partial charge in [0.1, 0.15) is 26.1 Å². The fourth-order valence-corrected chi connectivity index (χ4v) is 6.77. The Labute approximate surface area is 322 Å². The second kappa shape index (κ2) is 21.9. The summed E-state index contributed by atoms with van der Waals surface area (Å²) in [6.07, 6.45) is 3.57. The highest BCUT2D eigenvalue weighted by Gasteiger charge is 2.19. The summed E-state index contributed by atoms with van der Waals surface area (Å²) < 4.78 is 38.0. The maximum Gasteiger partial charge on any atom is 0.513 e. The van der Waals surface area contributed by atoms with Gasteiger partial charge in [-0.2, -0.15) is 4.89 Å². The molecule has 0 amide bonds. The van der Waals surface area contributed by atoms with Gasteiger partial charge in [-0.3, -0.25) is 4.79 Å². The van der Waals surface area contributed by atoms with Gasteiger partial charge in [-0.15, -0.1) is 22.7 Å². The highest BCUT2D eigenvalue weighted by Crippen LogP contribution is 2.42. The first-order valence-electron chi connectivity index (χ1n) is 16.2. The average molecular weight is 799 g/mol. The third-order valence-corrected chi connectivity index (χ3v) is 9.48. The fourth-order valence-electron chi connectivity index (χ4n) is 4.22. The minimum atomic E-state index is -0.927. The molecule has 0 N–H and O–H groups in total. The first kappa shape index (κ1) is 41.3. The Morgan fingerprint density at radius 3 is 1.78 bits per heavy atom. The fraction of sp³-hybridized carbons (Fsp3) is 0.243. The van der Waals surface area contributed by atoms with Gasteiger partial charge in [-0.25, -0.2) is 24.1 Å². The first-order valence-corrected chi connectivity index (χ1v) is 18.2. The number of carbonyl (C=O) groups excluding carboxylic acids is 5. The summed E-state index contributed by atoms with van der Waals surface area (Å²) >= 11 is 7.79. The highest BCUT2D eigenvalue weighted by atomic mass is 32.2. The molecule has 284 valence electrons. The quantitative estimate of drug-likeness (QED) is 0.00674. The molecule has 14 nitrogen and oxygen atoms in total. The lowest BCUT2D eigenvalue weighted by Crippen LogP contribution is -2.13. The van der Waals surface area contributed by atoms with Gasteiger partial charge in [0.15, 0.2) is 0 Å². The molecule has 4 rings (SSSR count). The van der Waals surface area contributed by atoms with Gasteiger partial charge in [0.2, 0.25) is 6.79 Å². The minimum Gasteiger partial charge on any atom is -0.465 e. The zero-order valence-electron chi connectivity index (χ0n) is 28.6. The van der Waals surface area contributed by atoms with Crippen molar-refractivity contribution in [2.75, 3.05) is 26.6 Å². The lowest BCUT2D eigenvalue weighted by molar-refractivity contribution is -0.323. The van der Waals surface area contributed by atoms with Crippen LogP contribution in [0.5, 0.6) is 23.0 Å². The number of unbranched alkanes of at least 4 members (excludes halogenated alkanes) is 2. The lowest BCUT2D eigenvalue weighted by atomic mass is 10.2. The van der Waals surface area contributed by atoms with E-state index in [4.69, 9.17) is 50.4 Å². The van der Waals surface area contributed by atoms with E-state index in [9.17, 15) is 24.0 Å². The highest BCUT2D eigenvalue weighted by molar-refractivity contribution is 7.77. The molecule has 0 aliphatic carbocycles. The standard InChI is InChI=1S/C37H34O14S3/c1-3-30(38)44-20-7-8-21-45-36(42)49-27-16-12-25(13-17-27)35(41)51-29-19-18-28(32-33(29)54-37(52)53-32)50-34(40)24-10-14-26(15-11-24)46-23-48-47-22-6-5-9-31(39)43-4-2/h3-4,10-19H,1-2,5-9,20-23H2. The van der Waals surface area contributed by atoms with E-state index in [1.165, 1.54) is 71.2 Å². The summed E-state index contributed by atoms with van der Waals surface area (Å²) in [6.45, 7) is 6.93. The molecule has 0 aliphatic heterocycles. The Morgan fingerprint density at radius 2 is 1.20 bits per heavy atom. The molecule has 54 heavy (non-hydrogen) atoms. The molecule has 1 aromatic heterocycles. The Morgan fingerprint density at radius 1 is 0.648 bits per heavy atom. The molecular formula is C37H34O14S3. The smallest absolute Gasteiger partial charge is 0.465 e. The molecular weight excluding hydrogens is 765 g/mol. The maximum atomic E-state index is 13.0. The van der Waals surface area contributed by atoms with E-state index < -0.39 is 24.1 Å². The number of esters is 4. The average Bonchev–Trinajstić information content (AvgIpc) is 3.57. The minimum absolute atomic E-state index is 0.0650. The van der Waals surface area contributed by atoms with Gasteiger partial charge in [0.05, 0.1) is 46.6 Å². The molecule has 0 atom stereocenters. The molecule has 4 aromatic rings. The Bertz CT molecular complexity index is 1980. The zero-order chi connectivity index (χ0) is 38.7. The molecule has 0 fully saturated rings. The van der Waals surface area contributed by atoms with Crippen LogP contribution in [0, 0.1) is 3.14 Å². The second-order valence-electron chi connectivity index (χ2n) is 10.6. The maximum absolute atomic E-state index is 13.0. The normalized spacial score (nSPS) is 10.5. The molecule has 3 aromatic carbocycles. The van der Waals surface area contributed by atoms with Crippen LogP contribution in [0.1, 0.15) is 52.8 Å². The predicted octanol–water partition coefficient (Wildman–Crippen LogP) is 8.30. The molecule has 0 saturated heterocycles. The molecule has 0 radical (unpaired) electrons. The van der Waals surface area contributed by atoms with E-state index in [2.05, 4.69) is 17.9 Å². The summed E-state index contributed by atoms with van der Waals surface area (Å²) in [7, 11) is 0. The third-order valence-electron chi connectivity index (χ3n) is 6.80. The third kappa shape index (κ3) is 13.5. The van der Waals surface area contributed by atoms with Crippen LogP contribution in [0.3, 0.4) is 0 Å². The van der Waals surface area contributed by atoms with E-state index >= 15 is 0 Å². The van der Waals surface area contributed by atoms with Crippen LogP contribution in [-0.4, -0.2) is 56.6 Å². The number of hydrogen-bond acceptors (Lipinski definition) is 17. The summed E-state index contributed by atoms with van der Waals surface area (Å²) in [5.41, 5.74) is 0.431. The van der Waals surface area contributed by atoms with E-state index in [-0.39, 0.29) is 67.4 Å². The largest absolute Gasteiger partial charge is 0.513 e.